The Balaban J connectivity index is 2.16. The lowest BCUT2D eigenvalue weighted by atomic mass is 10.1. The molecule has 4 nitrogen and oxygen atoms in total. The number of ketones is 1. The van der Waals surface area contributed by atoms with E-state index in [9.17, 15) is 14.9 Å². The monoisotopic (exact) mass is 417 g/mol. The molecule has 2 unspecified atom stereocenters. The molecular weight excluding hydrogens is 410 g/mol. The lowest BCUT2D eigenvalue weighted by Gasteiger charge is -2.15. The van der Waals surface area contributed by atoms with Crippen LogP contribution in [0.25, 0.3) is 0 Å². The van der Waals surface area contributed by atoms with Gasteiger partial charge in [-0.1, -0.05) is 50.1 Å². The first-order valence-corrected chi connectivity index (χ1v) is 8.32. The third-order valence-corrected chi connectivity index (χ3v) is 6.29. The second-order valence-electron chi connectivity index (χ2n) is 3.99. The second-order valence-corrected chi connectivity index (χ2v) is 6.91. The van der Waals surface area contributed by atoms with E-state index in [1.54, 1.807) is 18.2 Å². The van der Waals surface area contributed by atoms with Gasteiger partial charge in [-0.05, 0) is 17.0 Å². The van der Waals surface area contributed by atoms with Crippen LogP contribution in [0.5, 0.6) is 0 Å². The first-order chi connectivity index (χ1) is 9.50. The first-order valence-electron chi connectivity index (χ1n) is 5.61. The first kappa shape index (κ1) is 15.3. The van der Waals surface area contributed by atoms with Crippen molar-refractivity contribution in [3.8, 4) is 0 Å². The smallest absolute Gasteiger partial charge is 0.269 e. The maximum Gasteiger partial charge on any atom is 0.269 e. The molecule has 1 aromatic heterocycles. The number of Topliss-reactive ketones (excluding diaryl/α,β-unsaturated/α-hetero) is 1. The summed E-state index contributed by atoms with van der Waals surface area (Å²) < 4.78 is 0. The molecule has 0 aliphatic rings. The van der Waals surface area contributed by atoms with Crippen LogP contribution in [-0.2, 0) is 0 Å². The molecule has 7 heteroatoms. The van der Waals surface area contributed by atoms with Crippen molar-refractivity contribution < 1.29 is 9.72 Å². The van der Waals surface area contributed by atoms with Crippen molar-refractivity contribution in [1.29, 1.82) is 0 Å². The van der Waals surface area contributed by atoms with Gasteiger partial charge < -0.3 is 0 Å². The number of halogens is 2. The van der Waals surface area contributed by atoms with Gasteiger partial charge in [-0.25, -0.2) is 0 Å². The fraction of sp³-hybridized carbons (Fsp3) is 0.154. The molecule has 0 aliphatic heterocycles. The van der Waals surface area contributed by atoms with Crippen molar-refractivity contribution in [2.75, 3.05) is 0 Å². The van der Waals surface area contributed by atoms with Crippen LogP contribution < -0.4 is 0 Å². The van der Waals surface area contributed by atoms with Gasteiger partial charge in [0.25, 0.3) is 5.69 Å². The molecule has 0 spiro atoms. The Morgan fingerprint density at radius 2 is 1.85 bits per heavy atom. The van der Waals surface area contributed by atoms with Crippen molar-refractivity contribution in [3.63, 3.8) is 0 Å². The minimum absolute atomic E-state index is 0.0137. The molecule has 2 atom stereocenters. The molecule has 0 saturated heterocycles. The van der Waals surface area contributed by atoms with Crippen LogP contribution in [0.4, 0.5) is 5.69 Å². The van der Waals surface area contributed by atoms with Crippen LogP contribution in [0.3, 0.4) is 0 Å². The Morgan fingerprint density at radius 1 is 1.20 bits per heavy atom. The Hall–Kier alpha value is -1.05. The highest BCUT2D eigenvalue weighted by Gasteiger charge is 2.26. The highest BCUT2D eigenvalue weighted by molar-refractivity contribution is 9.12. The number of nitrogens with zero attached hydrogens (tertiary/aromatic N) is 1. The van der Waals surface area contributed by atoms with Crippen LogP contribution in [0.2, 0.25) is 0 Å². The van der Waals surface area contributed by atoms with Gasteiger partial charge in [0.1, 0.15) is 0 Å². The van der Waals surface area contributed by atoms with Gasteiger partial charge in [0.2, 0.25) is 0 Å². The Bertz CT molecular complexity index is 613. The quantitative estimate of drug-likeness (QED) is 0.305. The third kappa shape index (κ3) is 3.34. The molecule has 0 bridgehead atoms. The lowest BCUT2D eigenvalue weighted by molar-refractivity contribution is -0.384. The van der Waals surface area contributed by atoms with Gasteiger partial charge in [0.05, 0.1) is 19.5 Å². The number of nitro groups is 1. The Kier molecular flexibility index (Phi) is 5.06. The SMILES string of the molecule is O=C(c1cccs1)C(Br)C(Br)c1ccc([N+](=O)[O-])cc1. The zero-order chi connectivity index (χ0) is 14.7. The lowest BCUT2D eigenvalue weighted by Crippen LogP contribution is -2.18. The van der Waals surface area contributed by atoms with E-state index in [-0.39, 0.29) is 16.3 Å². The maximum absolute atomic E-state index is 12.2. The highest BCUT2D eigenvalue weighted by atomic mass is 79.9. The minimum atomic E-state index is -0.449. The number of carbonyl (C=O) groups is 1. The standard InChI is InChI=1S/C13H9Br2NO3S/c14-11(8-3-5-9(6-4-8)16(18)19)12(15)13(17)10-2-1-7-20-10/h1-7,11-12H. The summed E-state index contributed by atoms with van der Waals surface area (Å²) in [6, 6.07) is 9.75. The topological polar surface area (TPSA) is 60.2 Å². The van der Waals surface area contributed by atoms with Gasteiger partial charge in [-0.2, -0.15) is 0 Å². The third-order valence-electron chi connectivity index (χ3n) is 2.69. The number of alkyl halides is 2. The van der Waals surface area contributed by atoms with Crippen LogP contribution in [0, 0.1) is 10.1 Å². The zero-order valence-electron chi connectivity index (χ0n) is 10.0. The summed E-state index contributed by atoms with van der Waals surface area (Å²) in [4.78, 5) is 22.4. The summed E-state index contributed by atoms with van der Waals surface area (Å²) in [6.07, 6.45) is 0. The maximum atomic E-state index is 12.2. The number of nitro benzene ring substituents is 1. The summed E-state index contributed by atoms with van der Waals surface area (Å²) in [5.74, 6) is -0.0137. The molecule has 104 valence electrons. The number of rotatable bonds is 5. The molecule has 20 heavy (non-hydrogen) atoms. The van der Waals surface area contributed by atoms with Gasteiger partial charge in [-0.15, -0.1) is 11.3 Å². The summed E-state index contributed by atoms with van der Waals surface area (Å²) in [6.45, 7) is 0. The summed E-state index contributed by atoms with van der Waals surface area (Å²) in [7, 11) is 0. The van der Waals surface area contributed by atoms with E-state index >= 15 is 0 Å². The van der Waals surface area contributed by atoms with E-state index in [4.69, 9.17) is 0 Å². The molecule has 0 aliphatic carbocycles. The average Bonchev–Trinajstić information content (AvgIpc) is 2.99. The van der Waals surface area contributed by atoms with Gasteiger partial charge >= 0.3 is 0 Å². The van der Waals surface area contributed by atoms with E-state index in [0.717, 1.165) is 5.56 Å². The molecule has 0 saturated carbocycles. The summed E-state index contributed by atoms with van der Waals surface area (Å²) in [5, 5.41) is 12.5. The number of non-ortho nitro benzene ring substituents is 1. The van der Waals surface area contributed by atoms with Gasteiger partial charge in [0, 0.05) is 12.1 Å². The number of hydrogen-bond acceptors (Lipinski definition) is 4. The van der Waals surface area contributed by atoms with Crippen LogP contribution in [-0.4, -0.2) is 15.5 Å². The molecule has 2 rings (SSSR count). The van der Waals surface area contributed by atoms with Crippen LogP contribution >= 0.6 is 43.2 Å². The molecule has 0 radical (unpaired) electrons. The van der Waals surface area contributed by atoms with E-state index < -0.39 is 9.75 Å². The predicted molar refractivity (Wildman–Crippen MR) is 86.1 cm³/mol. The van der Waals surface area contributed by atoms with Gasteiger partial charge in [-0.3, -0.25) is 14.9 Å². The largest absolute Gasteiger partial charge is 0.292 e. The number of carbonyl (C=O) groups excluding carboxylic acids is 1. The zero-order valence-corrected chi connectivity index (χ0v) is 14.0. The number of hydrogen-bond donors (Lipinski definition) is 0. The Morgan fingerprint density at radius 3 is 2.35 bits per heavy atom. The van der Waals surface area contributed by atoms with Crippen LogP contribution in [0.15, 0.2) is 41.8 Å². The average molecular weight is 419 g/mol. The molecule has 0 amide bonds. The van der Waals surface area contributed by atoms with Crippen molar-refractivity contribution >= 4 is 54.7 Å². The Labute approximate surface area is 136 Å². The summed E-state index contributed by atoms with van der Waals surface area (Å²) >= 11 is 8.25. The van der Waals surface area contributed by atoms with E-state index in [2.05, 4.69) is 31.9 Å². The predicted octanol–water partition coefficient (Wildman–Crippen LogP) is 4.74. The van der Waals surface area contributed by atoms with Gasteiger partial charge in [0.15, 0.2) is 5.78 Å². The molecule has 0 N–H and O–H groups in total. The highest BCUT2D eigenvalue weighted by Crippen LogP contribution is 2.34. The van der Waals surface area contributed by atoms with Crippen molar-refractivity contribution in [1.82, 2.24) is 0 Å². The summed E-state index contributed by atoms with van der Waals surface area (Å²) in [5.41, 5.74) is 0.839. The fourth-order valence-corrected chi connectivity index (χ4v) is 3.59. The second kappa shape index (κ2) is 6.60. The number of benzene rings is 1. The minimum Gasteiger partial charge on any atom is -0.292 e. The van der Waals surface area contributed by atoms with E-state index in [1.165, 1.54) is 23.5 Å². The number of thiophene rings is 1. The molecular formula is C13H9Br2NO3S. The van der Waals surface area contributed by atoms with Crippen LogP contribution in [0.1, 0.15) is 20.1 Å². The normalized spacial score (nSPS) is 13.7. The molecule has 0 fully saturated rings. The van der Waals surface area contributed by atoms with E-state index in [0.29, 0.717) is 4.88 Å². The van der Waals surface area contributed by atoms with Crippen molar-refractivity contribution in [2.45, 2.75) is 9.65 Å². The molecule has 1 aromatic carbocycles. The van der Waals surface area contributed by atoms with Crippen molar-refractivity contribution in [2.24, 2.45) is 0 Å². The van der Waals surface area contributed by atoms with E-state index in [1.807, 2.05) is 11.4 Å². The fourth-order valence-electron chi connectivity index (χ4n) is 1.64. The molecule has 2 aromatic rings. The molecule has 1 heterocycles. The van der Waals surface area contributed by atoms with Crippen molar-refractivity contribution in [3.05, 3.63) is 62.3 Å².